The smallest absolute Gasteiger partial charge is 0.271 e. The van der Waals surface area contributed by atoms with Crippen LogP contribution in [0.3, 0.4) is 0 Å². The van der Waals surface area contributed by atoms with Gasteiger partial charge in [0.25, 0.3) is 5.56 Å². The van der Waals surface area contributed by atoms with Crippen LogP contribution in [0.4, 0.5) is 5.82 Å². The lowest BCUT2D eigenvalue weighted by Gasteiger charge is -2.26. The highest BCUT2D eigenvalue weighted by atomic mass is 32.2. The molecule has 1 aromatic heterocycles. The van der Waals surface area contributed by atoms with E-state index in [0.29, 0.717) is 6.04 Å². The number of aliphatic imine (C=N–C) groups is 1. The van der Waals surface area contributed by atoms with Crippen molar-refractivity contribution in [3.63, 3.8) is 0 Å². The van der Waals surface area contributed by atoms with Gasteiger partial charge in [-0.25, -0.2) is 4.99 Å². The first-order chi connectivity index (χ1) is 13.1. The molecule has 4 rings (SSSR count). The van der Waals surface area contributed by atoms with Gasteiger partial charge < -0.3 is 9.47 Å². The van der Waals surface area contributed by atoms with Gasteiger partial charge in [-0.15, -0.1) is 0 Å². The van der Waals surface area contributed by atoms with Gasteiger partial charge in [-0.2, -0.15) is 0 Å². The summed E-state index contributed by atoms with van der Waals surface area (Å²) in [6.45, 7) is 2.00. The molecule has 27 heavy (non-hydrogen) atoms. The number of benzene rings is 1. The largest absolute Gasteiger partial charge is 0.497 e. The standard InChI is InChI=1S/C20H25N3O3S/c1-12-21-19-17(20(24)22-23(19)13-7-5-4-6-8-13)18(27-12)15-10-9-14(25-2)11-16(15)26-3/h9-11,13,18H,4-8H2,1-3H3,(H,22,24). The van der Waals surface area contributed by atoms with E-state index in [1.807, 2.05) is 29.8 Å². The van der Waals surface area contributed by atoms with Crippen molar-refractivity contribution < 1.29 is 9.47 Å². The zero-order valence-corrected chi connectivity index (χ0v) is 16.8. The lowest BCUT2D eigenvalue weighted by molar-refractivity contribution is 0.331. The molecule has 0 bridgehead atoms. The molecule has 1 saturated carbocycles. The van der Waals surface area contributed by atoms with Gasteiger partial charge in [-0.05, 0) is 25.8 Å². The maximum Gasteiger partial charge on any atom is 0.271 e. The molecule has 0 spiro atoms. The first-order valence-electron chi connectivity index (χ1n) is 9.40. The van der Waals surface area contributed by atoms with Crippen LogP contribution >= 0.6 is 11.8 Å². The minimum atomic E-state index is -0.146. The van der Waals surface area contributed by atoms with Crippen LogP contribution in [0.2, 0.25) is 0 Å². The van der Waals surface area contributed by atoms with Gasteiger partial charge in [-0.1, -0.05) is 37.1 Å². The summed E-state index contributed by atoms with van der Waals surface area (Å²) in [5.41, 5.74) is 1.63. The van der Waals surface area contributed by atoms with Crippen molar-refractivity contribution in [3.05, 3.63) is 39.7 Å². The Morgan fingerprint density at radius 1 is 1.19 bits per heavy atom. The van der Waals surface area contributed by atoms with E-state index in [2.05, 4.69) is 5.10 Å². The lowest BCUT2D eigenvalue weighted by atomic mass is 9.95. The summed E-state index contributed by atoms with van der Waals surface area (Å²) >= 11 is 1.60. The van der Waals surface area contributed by atoms with Gasteiger partial charge in [0.05, 0.1) is 36.1 Å². The molecule has 2 heterocycles. The molecule has 1 unspecified atom stereocenters. The zero-order chi connectivity index (χ0) is 19.0. The predicted octanol–water partition coefficient (Wildman–Crippen LogP) is 4.58. The Balaban J connectivity index is 1.82. The summed E-state index contributed by atoms with van der Waals surface area (Å²) < 4.78 is 12.9. The van der Waals surface area contributed by atoms with Crippen molar-refractivity contribution in [1.29, 1.82) is 0 Å². The van der Waals surface area contributed by atoms with Gasteiger partial charge >= 0.3 is 0 Å². The molecule has 2 aliphatic rings. The number of aromatic nitrogens is 2. The molecule has 1 aliphatic heterocycles. The summed E-state index contributed by atoms with van der Waals surface area (Å²) in [5, 5.41) is 3.89. The number of methoxy groups -OCH3 is 2. The number of hydrogen-bond acceptors (Lipinski definition) is 5. The molecule has 0 saturated heterocycles. The van der Waals surface area contributed by atoms with Crippen molar-refractivity contribution in [1.82, 2.24) is 9.78 Å². The molecule has 0 amide bonds. The van der Waals surface area contributed by atoms with E-state index in [1.54, 1.807) is 26.0 Å². The highest BCUT2D eigenvalue weighted by Gasteiger charge is 2.33. The number of hydrogen-bond donors (Lipinski definition) is 1. The average molecular weight is 388 g/mol. The second-order valence-corrected chi connectivity index (χ2v) is 8.37. The maximum absolute atomic E-state index is 12.9. The Kier molecular flexibility index (Phi) is 5.04. The number of nitrogens with zero attached hydrogens (tertiary/aromatic N) is 2. The van der Waals surface area contributed by atoms with E-state index in [4.69, 9.17) is 14.5 Å². The normalized spacial score (nSPS) is 20.1. The van der Waals surface area contributed by atoms with Crippen molar-refractivity contribution in [3.8, 4) is 11.5 Å². The number of fused-ring (bicyclic) bond motifs is 1. The van der Waals surface area contributed by atoms with Crippen LogP contribution in [0.1, 0.15) is 61.4 Å². The Morgan fingerprint density at radius 3 is 2.67 bits per heavy atom. The third kappa shape index (κ3) is 3.29. The van der Waals surface area contributed by atoms with Crippen LogP contribution in [0.5, 0.6) is 11.5 Å². The molecular weight excluding hydrogens is 362 g/mol. The minimum Gasteiger partial charge on any atom is -0.497 e. The minimum absolute atomic E-state index is 0.0535. The number of thioether (sulfide) groups is 1. The molecule has 1 aliphatic carbocycles. The van der Waals surface area contributed by atoms with Gasteiger partial charge in [0.2, 0.25) is 0 Å². The van der Waals surface area contributed by atoms with Crippen LogP contribution in [-0.2, 0) is 0 Å². The Hall–Kier alpha value is -2.15. The van der Waals surface area contributed by atoms with Crippen LogP contribution in [0, 0.1) is 0 Å². The second kappa shape index (κ2) is 7.46. The monoisotopic (exact) mass is 387 g/mol. The van der Waals surface area contributed by atoms with Crippen LogP contribution in [-0.4, -0.2) is 29.0 Å². The molecule has 1 fully saturated rings. The van der Waals surface area contributed by atoms with Crippen molar-refractivity contribution in [2.24, 2.45) is 4.99 Å². The van der Waals surface area contributed by atoms with E-state index in [-0.39, 0.29) is 10.8 Å². The van der Waals surface area contributed by atoms with Crippen LogP contribution in [0.15, 0.2) is 28.0 Å². The maximum atomic E-state index is 12.9. The summed E-state index contributed by atoms with van der Waals surface area (Å²) in [4.78, 5) is 17.7. The van der Waals surface area contributed by atoms with E-state index in [1.165, 1.54) is 19.3 Å². The van der Waals surface area contributed by atoms with Crippen molar-refractivity contribution >= 4 is 22.6 Å². The van der Waals surface area contributed by atoms with Gasteiger partial charge in [0.15, 0.2) is 5.82 Å². The number of rotatable bonds is 4. The molecule has 6 nitrogen and oxygen atoms in total. The van der Waals surface area contributed by atoms with E-state index in [9.17, 15) is 4.79 Å². The molecule has 1 N–H and O–H groups in total. The number of H-pyrrole nitrogens is 1. The quantitative estimate of drug-likeness (QED) is 0.833. The SMILES string of the molecule is COc1ccc(C2SC(C)=Nc3c2c(=O)[nH]n3C2CCCCC2)c(OC)c1. The fourth-order valence-corrected chi connectivity index (χ4v) is 5.20. The third-order valence-electron chi connectivity index (χ3n) is 5.41. The Labute approximate surface area is 163 Å². The first-order valence-corrected chi connectivity index (χ1v) is 10.3. The zero-order valence-electron chi connectivity index (χ0n) is 15.9. The number of nitrogens with one attached hydrogen (secondary N) is 1. The predicted molar refractivity (Wildman–Crippen MR) is 109 cm³/mol. The van der Waals surface area contributed by atoms with Crippen LogP contribution in [0.25, 0.3) is 0 Å². The summed E-state index contributed by atoms with van der Waals surface area (Å²) in [6, 6.07) is 6.08. The topological polar surface area (TPSA) is 68.6 Å². The lowest BCUT2D eigenvalue weighted by Crippen LogP contribution is -2.16. The summed E-state index contributed by atoms with van der Waals surface area (Å²) in [6.07, 6.45) is 5.86. The molecule has 144 valence electrons. The van der Waals surface area contributed by atoms with Gasteiger partial charge in [0.1, 0.15) is 11.5 Å². The third-order valence-corrected chi connectivity index (χ3v) is 6.57. The fraction of sp³-hybridized carbons (Fsp3) is 0.500. The highest BCUT2D eigenvalue weighted by molar-refractivity contribution is 8.14. The van der Waals surface area contributed by atoms with E-state index < -0.39 is 0 Å². The molecule has 7 heteroatoms. The van der Waals surface area contributed by atoms with E-state index >= 15 is 0 Å². The fourth-order valence-electron chi connectivity index (χ4n) is 4.07. The summed E-state index contributed by atoms with van der Waals surface area (Å²) in [7, 11) is 3.28. The molecular formula is C20H25N3O3S. The van der Waals surface area contributed by atoms with Crippen molar-refractivity contribution in [2.75, 3.05) is 14.2 Å². The molecule has 2 aromatic rings. The van der Waals surface area contributed by atoms with Gasteiger partial charge in [0, 0.05) is 11.6 Å². The molecule has 1 atom stereocenters. The van der Waals surface area contributed by atoms with Gasteiger partial charge in [-0.3, -0.25) is 14.6 Å². The Morgan fingerprint density at radius 2 is 1.96 bits per heavy atom. The highest BCUT2D eigenvalue weighted by Crippen LogP contribution is 2.48. The first kappa shape index (κ1) is 18.2. The van der Waals surface area contributed by atoms with E-state index in [0.717, 1.165) is 46.3 Å². The average Bonchev–Trinajstić information content (AvgIpc) is 3.03. The molecule has 0 radical (unpaired) electrons. The van der Waals surface area contributed by atoms with Crippen LogP contribution < -0.4 is 15.0 Å². The summed E-state index contributed by atoms with van der Waals surface area (Å²) in [5.74, 6) is 2.24. The number of ether oxygens (including phenoxy) is 2. The Bertz CT molecular complexity index is 925. The molecule has 1 aromatic carbocycles. The van der Waals surface area contributed by atoms with Crippen molar-refractivity contribution in [2.45, 2.75) is 50.3 Å². The number of aromatic amines is 1. The second-order valence-electron chi connectivity index (χ2n) is 7.08.